The number of ether oxygens (including phenoxy) is 3. The molecule has 61 heavy (non-hydrogen) atoms. The Kier molecular flexibility index (Phi) is 41.5. The third-order valence-electron chi connectivity index (χ3n) is 10.9. The molecular formula is C53H93NO7. The SMILES string of the molecule is CC/C=C/C/C=C/C/C=C/CCCCCCCCCCCCCCCC(=O)OC(COCCC(C(=O)[O-])[N+](C)(C)C)COC(=O)CCCCCCCCC/C=C/C/C=C/CC. The lowest BCUT2D eigenvalue weighted by atomic mass is 10.0. The van der Waals surface area contributed by atoms with Crippen molar-refractivity contribution in [2.75, 3.05) is 41.0 Å². The molecule has 0 aliphatic heterocycles. The first kappa shape index (κ1) is 58.0. The molecule has 0 heterocycles. The van der Waals surface area contributed by atoms with Gasteiger partial charge < -0.3 is 28.6 Å². The van der Waals surface area contributed by atoms with Crippen LogP contribution in [0.2, 0.25) is 0 Å². The molecule has 2 unspecified atom stereocenters. The second-order valence-corrected chi connectivity index (χ2v) is 17.6. The Balaban J connectivity index is 4.22. The molecule has 352 valence electrons. The van der Waals surface area contributed by atoms with Crippen LogP contribution in [0.3, 0.4) is 0 Å². The lowest BCUT2D eigenvalue weighted by Crippen LogP contribution is -2.55. The first-order valence-corrected chi connectivity index (χ1v) is 24.8. The van der Waals surface area contributed by atoms with E-state index in [1.54, 1.807) is 21.1 Å². The largest absolute Gasteiger partial charge is 0.544 e. The van der Waals surface area contributed by atoms with Gasteiger partial charge in [0.15, 0.2) is 6.10 Å². The van der Waals surface area contributed by atoms with Crippen molar-refractivity contribution >= 4 is 17.9 Å². The quantitative estimate of drug-likeness (QED) is 0.0260. The monoisotopic (exact) mass is 856 g/mol. The van der Waals surface area contributed by atoms with Crippen LogP contribution in [0.4, 0.5) is 0 Å². The minimum Gasteiger partial charge on any atom is -0.544 e. The molecule has 0 rings (SSSR count). The molecule has 0 saturated heterocycles. The zero-order valence-electron chi connectivity index (χ0n) is 40.1. The average molecular weight is 856 g/mol. The number of esters is 2. The molecule has 0 spiro atoms. The number of likely N-dealkylation sites (N-methyl/N-ethyl adjacent to an activating group) is 1. The molecule has 2 atom stereocenters. The smallest absolute Gasteiger partial charge is 0.306 e. The van der Waals surface area contributed by atoms with E-state index in [2.05, 4.69) is 74.6 Å². The zero-order chi connectivity index (χ0) is 44.9. The number of carbonyl (C=O) groups is 3. The van der Waals surface area contributed by atoms with E-state index < -0.39 is 18.1 Å². The molecule has 0 N–H and O–H groups in total. The Hall–Kier alpha value is -2.97. The summed E-state index contributed by atoms with van der Waals surface area (Å²) in [6.07, 6.45) is 53.9. The first-order chi connectivity index (χ1) is 29.6. The van der Waals surface area contributed by atoms with E-state index in [0.717, 1.165) is 77.0 Å². The van der Waals surface area contributed by atoms with Crippen LogP contribution in [0.5, 0.6) is 0 Å². The highest BCUT2D eigenvalue weighted by Gasteiger charge is 2.25. The number of hydrogen-bond donors (Lipinski definition) is 0. The van der Waals surface area contributed by atoms with E-state index in [0.29, 0.717) is 12.8 Å². The van der Waals surface area contributed by atoms with E-state index in [4.69, 9.17) is 14.2 Å². The minimum atomic E-state index is -1.13. The number of aliphatic carboxylic acids is 1. The van der Waals surface area contributed by atoms with Crippen LogP contribution in [0, 0.1) is 0 Å². The zero-order valence-corrected chi connectivity index (χ0v) is 40.1. The first-order valence-electron chi connectivity index (χ1n) is 24.8. The number of allylic oxidation sites excluding steroid dienone is 10. The molecule has 0 aliphatic carbocycles. The van der Waals surface area contributed by atoms with E-state index in [9.17, 15) is 19.5 Å². The van der Waals surface area contributed by atoms with Gasteiger partial charge in [0.05, 0.1) is 40.3 Å². The fourth-order valence-corrected chi connectivity index (χ4v) is 7.12. The summed E-state index contributed by atoms with van der Waals surface area (Å²) in [6.45, 7) is 4.45. The van der Waals surface area contributed by atoms with Crippen molar-refractivity contribution in [3.63, 3.8) is 0 Å². The summed E-state index contributed by atoms with van der Waals surface area (Å²) in [5, 5.41) is 11.7. The van der Waals surface area contributed by atoms with Gasteiger partial charge in [-0.3, -0.25) is 9.59 Å². The number of carboxylic acids is 1. The van der Waals surface area contributed by atoms with Crippen molar-refractivity contribution in [1.82, 2.24) is 0 Å². The number of unbranched alkanes of at least 4 members (excludes halogenated alkanes) is 20. The van der Waals surface area contributed by atoms with Gasteiger partial charge in [-0.25, -0.2) is 0 Å². The average Bonchev–Trinajstić information content (AvgIpc) is 3.22. The number of hydrogen-bond acceptors (Lipinski definition) is 7. The maximum Gasteiger partial charge on any atom is 0.306 e. The fourth-order valence-electron chi connectivity index (χ4n) is 7.12. The van der Waals surface area contributed by atoms with E-state index in [1.165, 1.54) is 96.3 Å². The summed E-state index contributed by atoms with van der Waals surface area (Å²) in [6, 6.07) is -0.728. The van der Waals surface area contributed by atoms with Gasteiger partial charge in [0.1, 0.15) is 12.6 Å². The number of quaternary nitrogens is 1. The number of nitrogens with zero attached hydrogens (tertiary/aromatic N) is 1. The summed E-state index contributed by atoms with van der Waals surface area (Å²) >= 11 is 0. The van der Waals surface area contributed by atoms with Gasteiger partial charge >= 0.3 is 11.9 Å². The van der Waals surface area contributed by atoms with Gasteiger partial charge in [-0.2, -0.15) is 0 Å². The van der Waals surface area contributed by atoms with Gasteiger partial charge in [-0.1, -0.05) is 177 Å². The molecule has 0 aromatic carbocycles. The molecule has 0 bridgehead atoms. The van der Waals surface area contributed by atoms with Crippen molar-refractivity contribution in [3.8, 4) is 0 Å². The predicted octanol–water partition coefficient (Wildman–Crippen LogP) is 12.8. The van der Waals surface area contributed by atoms with Crippen LogP contribution in [0.25, 0.3) is 0 Å². The lowest BCUT2D eigenvalue weighted by Gasteiger charge is -2.34. The molecule has 0 saturated carbocycles. The third-order valence-corrected chi connectivity index (χ3v) is 10.9. The molecule has 0 amide bonds. The summed E-state index contributed by atoms with van der Waals surface area (Å²) in [7, 11) is 5.41. The summed E-state index contributed by atoms with van der Waals surface area (Å²) < 4.78 is 17.2. The fraction of sp³-hybridized carbons (Fsp3) is 0.755. The highest BCUT2D eigenvalue weighted by Crippen LogP contribution is 2.15. The van der Waals surface area contributed by atoms with Gasteiger partial charge in [-0.15, -0.1) is 0 Å². The molecule has 0 radical (unpaired) electrons. The highest BCUT2D eigenvalue weighted by molar-refractivity contribution is 5.70. The van der Waals surface area contributed by atoms with Crippen LogP contribution >= 0.6 is 0 Å². The van der Waals surface area contributed by atoms with E-state index >= 15 is 0 Å². The Morgan fingerprint density at radius 2 is 0.869 bits per heavy atom. The number of rotatable bonds is 44. The molecule has 0 aromatic rings. The Morgan fingerprint density at radius 3 is 1.28 bits per heavy atom. The van der Waals surface area contributed by atoms with Crippen molar-refractivity contribution in [2.24, 2.45) is 0 Å². The Labute approximate surface area is 375 Å². The molecule has 0 fully saturated rings. The number of carbonyl (C=O) groups excluding carboxylic acids is 3. The van der Waals surface area contributed by atoms with Crippen molar-refractivity contribution in [3.05, 3.63) is 60.8 Å². The van der Waals surface area contributed by atoms with E-state index in [-0.39, 0.29) is 42.7 Å². The molecule has 8 heteroatoms. The van der Waals surface area contributed by atoms with Crippen molar-refractivity contribution in [2.45, 2.75) is 219 Å². The topological polar surface area (TPSA) is 102 Å². The normalized spacial score (nSPS) is 13.4. The van der Waals surface area contributed by atoms with E-state index in [1.807, 2.05) is 0 Å². The summed E-state index contributed by atoms with van der Waals surface area (Å²) in [5.74, 6) is -1.74. The third kappa shape index (κ3) is 42.1. The van der Waals surface area contributed by atoms with Crippen LogP contribution in [-0.2, 0) is 28.6 Å². The molecule has 0 aromatic heterocycles. The predicted molar refractivity (Wildman–Crippen MR) is 254 cm³/mol. The van der Waals surface area contributed by atoms with Crippen LogP contribution in [0.1, 0.15) is 206 Å². The Morgan fingerprint density at radius 1 is 0.492 bits per heavy atom. The van der Waals surface area contributed by atoms with Crippen molar-refractivity contribution in [1.29, 1.82) is 0 Å². The van der Waals surface area contributed by atoms with Gasteiger partial charge in [0.25, 0.3) is 0 Å². The second kappa shape index (κ2) is 43.7. The second-order valence-electron chi connectivity index (χ2n) is 17.6. The summed E-state index contributed by atoms with van der Waals surface area (Å²) in [4.78, 5) is 37.0. The molecule has 0 aliphatic rings. The maximum atomic E-state index is 12.8. The number of carboxylic acid groups (broad SMARTS) is 1. The standard InChI is InChI=1S/C53H93NO7/c1-6-8-10-12-14-16-18-20-22-23-24-25-26-27-28-29-30-32-34-36-38-40-42-44-52(56)61-49(47-59-46-45-50(53(57)58)54(3,4)5)48-60-51(55)43-41-39-37-35-33-31-21-19-17-15-13-11-9-7-2/h8-11,14-17,20,22,49-50H,6-7,12-13,18-19,21,23-48H2,1-5H3/b10-8+,11-9+,16-14+,17-15+,22-20+. The molecule has 8 nitrogen and oxygen atoms in total. The minimum absolute atomic E-state index is 0.0371. The summed E-state index contributed by atoms with van der Waals surface area (Å²) in [5.41, 5.74) is 0. The van der Waals surface area contributed by atoms with Crippen molar-refractivity contribution < 1.29 is 38.2 Å². The molecular weight excluding hydrogens is 763 g/mol. The van der Waals surface area contributed by atoms with Crippen LogP contribution in [0.15, 0.2) is 60.8 Å². The van der Waals surface area contributed by atoms with Gasteiger partial charge in [0, 0.05) is 19.3 Å². The van der Waals surface area contributed by atoms with Gasteiger partial charge in [-0.05, 0) is 70.6 Å². The van der Waals surface area contributed by atoms with Gasteiger partial charge in [0.2, 0.25) is 0 Å². The van der Waals surface area contributed by atoms with Crippen LogP contribution in [-0.4, -0.2) is 75.5 Å². The van der Waals surface area contributed by atoms with Crippen LogP contribution < -0.4 is 5.11 Å². The Bertz CT molecular complexity index is 1180. The maximum absolute atomic E-state index is 12.8. The highest BCUT2D eigenvalue weighted by atomic mass is 16.6. The lowest BCUT2D eigenvalue weighted by molar-refractivity contribution is -0.889.